The van der Waals surface area contributed by atoms with Crippen molar-refractivity contribution in [3.05, 3.63) is 29.3 Å². The van der Waals surface area contributed by atoms with Crippen molar-refractivity contribution in [1.29, 1.82) is 0 Å². The van der Waals surface area contributed by atoms with E-state index in [0.29, 0.717) is 16.8 Å². The fourth-order valence-electron chi connectivity index (χ4n) is 1.28. The lowest BCUT2D eigenvalue weighted by Gasteiger charge is -2.13. The Bertz CT molecular complexity index is 538. The Morgan fingerprint density at radius 3 is 2.41 bits per heavy atom. The van der Waals surface area contributed by atoms with Gasteiger partial charge >= 0.3 is 0 Å². The van der Waals surface area contributed by atoms with E-state index >= 15 is 0 Å². The minimum Gasteiger partial charge on any atom is -0.345 e. The lowest BCUT2D eigenvalue weighted by molar-refractivity contribution is 0.0827. The minimum absolute atomic E-state index is 0.206. The summed E-state index contributed by atoms with van der Waals surface area (Å²) in [6.45, 7) is 1.72. The molecule has 0 aliphatic rings. The van der Waals surface area contributed by atoms with Crippen LogP contribution in [0, 0.1) is 6.92 Å². The number of nitrogens with zero attached hydrogens (tertiary/aromatic N) is 1. The molecule has 0 aliphatic heterocycles. The molecule has 7 heteroatoms. The van der Waals surface area contributed by atoms with E-state index in [1.54, 1.807) is 33.2 Å². The van der Waals surface area contributed by atoms with Gasteiger partial charge in [-0.15, -0.1) is 0 Å². The minimum atomic E-state index is -3.84. The van der Waals surface area contributed by atoms with Gasteiger partial charge in [0.05, 0.1) is 5.69 Å². The highest BCUT2D eigenvalue weighted by molar-refractivity contribution is 7.90. The average Bonchev–Trinajstić information content (AvgIpc) is 2.18. The van der Waals surface area contributed by atoms with Crippen LogP contribution in [0.25, 0.3) is 0 Å². The molecule has 0 bridgehead atoms. The molecule has 0 aromatic heterocycles. The van der Waals surface area contributed by atoms with Crippen molar-refractivity contribution in [2.24, 2.45) is 5.14 Å². The zero-order chi connectivity index (χ0) is 13.2. The number of carbonyl (C=O) groups is 1. The number of nitrogens with one attached hydrogen (secondary N) is 1. The zero-order valence-corrected chi connectivity index (χ0v) is 10.7. The molecule has 0 fully saturated rings. The molecule has 0 saturated heterocycles. The maximum atomic E-state index is 11.7. The van der Waals surface area contributed by atoms with Gasteiger partial charge in [-0.2, -0.15) is 8.42 Å². The topological polar surface area (TPSA) is 92.5 Å². The van der Waals surface area contributed by atoms with E-state index in [0.717, 1.165) is 0 Å². The predicted octanol–water partition coefficient (Wildman–Crippen LogP) is 0.312. The summed E-state index contributed by atoms with van der Waals surface area (Å²) in [5, 5.41) is 4.89. The number of rotatable bonds is 3. The highest BCUT2D eigenvalue weighted by Crippen LogP contribution is 2.18. The smallest absolute Gasteiger partial charge is 0.296 e. The summed E-state index contributed by atoms with van der Waals surface area (Å²) >= 11 is 0. The van der Waals surface area contributed by atoms with Crippen LogP contribution < -0.4 is 9.86 Å². The second-order valence-electron chi connectivity index (χ2n) is 3.88. The monoisotopic (exact) mass is 257 g/mol. The molecule has 17 heavy (non-hydrogen) atoms. The molecule has 0 unspecified atom stereocenters. The van der Waals surface area contributed by atoms with Gasteiger partial charge < -0.3 is 4.90 Å². The molecule has 3 N–H and O–H groups in total. The highest BCUT2D eigenvalue weighted by atomic mass is 32.2. The Balaban J connectivity index is 3.15. The van der Waals surface area contributed by atoms with Crippen LogP contribution in [0.3, 0.4) is 0 Å². The van der Waals surface area contributed by atoms with Gasteiger partial charge in [0.2, 0.25) is 0 Å². The Morgan fingerprint density at radius 1 is 1.35 bits per heavy atom. The van der Waals surface area contributed by atoms with Gasteiger partial charge in [0.25, 0.3) is 16.1 Å². The summed E-state index contributed by atoms with van der Waals surface area (Å²) in [7, 11) is -0.597. The number of nitrogens with two attached hydrogens (primary N) is 1. The van der Waals surface area contributed by atoms with Crippen molar-refractivity contribution in [3.8, 4) is 0 Å². The molecule has 0 heterocycles. The Labute approximate surface area is 101 Å². The quantitative estimate of drug-likeness (QED) is 0.816. The number of anilines is 1. The molecule has 1 amide bonds. The van der Waals surface area contributed by atoms with Gasteiger partial charge in [0.15, 0.2) is 0 Å². The van der Waals surface area contributed by atoms with Crippen LogP contribution in [-0.2, 0) is 10.2 Å². The van der Waals surface area contributed by atoms with Gasteiger partial charge in [0.1, 0.15) is 0 Å². The summed E-state index contributed by atoms with van der Waals surface area (Å²) in [5.41, 5.74) is 1.39. The molecule has 0 spiro atoms. The van der Waals surface area contributed by atoms with Crippen LogP contribution >= 0.6 is 0 Å². The first kappa shape index (κ1) is 13.5. The average molecular weight is 257 g/mol. The maximum absolute atomic E-state index is 11.7. The third kappa shape index (κ3) is 3.72. The molecule has 0 saturated carbocycles. The van der Waals surface area contributed by atoms with Gasteiger partial charge in [-0.05, 0) is 24.6 Å². The van der Waals surface area contributed by atoms with Crippen LogP contribution in [0.2, 0.25) is 0 Å². The second kappa shape index (κ2) is 4.72. The van der Waals surface area contributed by atoms with Crippen molar-refractivity contribution in [3.63, 3.8) is 0 Å². The second-order valence-corrected chi connectivity index (χ2v) is 5.17. The Kier molecular flexibility index (Phi) is 3.74. The number of aryl methyl sites for hydroxylation is 1. The van der Waals surface area contributed by atoms with E-state index in [-0.39, 0.29) is 5.91 Å². The Hall–Kier alpha value is -1.60. The van der Waals surface area contributed by atoms with E-state index in [1.165, 1.54) is 11.0 Å². The maximum Gasteiger partial charge on any atom is 0.296 e. The molecule has 1 rings (SSSR count). The van der Waals surface area contributed by atoms with Crippen LogP contribution in [0.4, 0.5) is 5.69 Å². The number of amides is 1. The van der Waals surface area contributed by atoms with E-state index < -0.39 is 10.2 Å². The predicted molar refractivity (Wildman–Crippen MR) is 65.9 cm³/mol. The van der Waals surface area contributed by atoms with E-state index in [2.05, 4.69) is 4.72 Å². The molecule has 1 aromatic rings. The van der Waals surface area contributed by atoms with Crippen LogP contribution in [0.5, 0.6) is 0 Å². The van der Waals surface area contributed by atoms with E-state index in [1.807, 2.05) is 0 Å². The lowest BCUT2D eigenvalue weighted by atomic mass is 10.1. The summed E-state index contributed by atoms with van der Waals surface area (Å²) in [4.78, 5) is 13.1. The van der Waals surface area contributed by atoms with Crippen molar-refractivity contribution in [2.45, 2.75) is 6.92 Å². The van der Waals surface area contributed by atoms with E-state index in [9.17, 15) is 13.2 Å². The number of hydrogen-bond acceptors (Lipinski definition) is 3. The van der Waals surface area contributed by atoms with Crippen LogP contribution in [0.1, 0.15) is 15.9 Å². The van der Waals surface area contributed by atoms with Crippen molar-refractivity contribution in [1.82, 2.24) is 4.90 Å². The molecule has 1 aromatic carbocycles. The van der Waals surface area contributed by atoms with Crippen LogP contribution in [-0.4, -0.2) is 33.3 Å². The van der Waals surface area contributed by atoms with Gasteiger partial charge in [0, 0.05) is 19.7 Å². The first-order valence-corrected chi connectivity index (χ1v) is 6.38. The normalized spacial score (nSPS) is 11.1. The van der Waals surface area contributed by atoms with Crippen molar-refractivity contribution >= 4 is 21.8 Å². The standard InChI is InChI=1S/C10H15N3O3S/c1-7-4-5-8(10(14)13(2)3)6-9(7)12-17(11,15)16/h4-6,12H,1-3H3,(H2,11,15,16). The Morgan fingerprint density at radius 2 is 1.94 bits per heavy atom. The number of carbonyl (C=O) groups excluding carboxylic acids is 1. The molecule has 0 atom stereocenters. The van der Waals surface area contributed by atoms with Crippen molar-refractivity contribution < 1.29 is 13.2 Å². The first-order chi connectivity index (χ1) is 7.70. The fraction of sp³-hybridized carbons (Fsp3) is 0.300. The molecular formula is C10H15N3O3S. The fourth-order valence-corrected chi connectivity index (χ4v) is 1.80. The molecule has 6 nitrogen and oxygen atoms in total. The largest absolute Gasteiger partial charge is 0.345 e. The number of benzene rings is 1. The zero-order valence-electron chi connectivity index (χ0n) is 9.89. The van der Waals surface area contributed by atoms with Gasteiger partial charge in [-0.25, -0.2) is 5.14 Å². The summed E-state index contributed by atoms with van der Waals surface area (Å²) < 4.78 is 24.0. The molecule has 94 valence electrons. The highest BCUT2D eigenvalue weighted by Gasteiger charge is 2.11. The van der Waals surface area contributed by atoms with Gasteiger partial charge in [-0.1, -0.05) is 6.07 Å². The molecule has 0 radical (unpaired) electrons. The third-order valence-corrected chi connectivity index (χ3v) is 2.65. The first-order valence-electron chi connectivity index (χ1n) is 4.83. The summed E-state index contributed by atoms with van der Waals surface area (Å²) in [5.74, 6) is -0.206. The third-order valence-electron chi connectivity index (χ3n) is 2.14. The summed E-state index contributed by atoms with van der Waals surface area (Å²) in [6, 6.07) is 4.75. The molecule has 0 aliphatic carbocycles. The SMILES string of the molecule is Cc1ccc(C(=O)N(C)C)cc1NS(N)(=O)=O. The van der Waals surface area contributed by atoms with Gasteiger partial charge in [-0.3, -0.25) is 9.52 Å². The van der Waals surface area contributed by atoms with Crippen LogP contribution in [0.15, 0.2) is 18.2 Å². The summed E-state index contributed by atoms with van der Waals surface area (Å²) in [6.07, 6.45) is 0. The lowest BCUT2D eigenvalue weighted by Crippen LogP contribution is -2.24. The van der Waals surface area contributed by atoms with Crippen molar-refractivity contribution in [2.75, 3.05) is 18.8 Å². The molecular weight excluding hydrogens is 242 g/mol. The number of hydrogen-bond donors (Lipinski definition) is 2. The van der Waals surface area contributed by atoms with E-state index in [4.69, 9.17) is 5.14 Å².